The zero-order valence-corrected chi connectivity index (χ0v) is 14.2. The highest BCUT2D eigenvalue weighted by Crippen LogP contribution is 2.09. The molecule has 6 heteroatoms. The van der Waals surface area contributed by atoms with Crippen LogP contribution in [-0.2, 0) is 16.1 Å². The Bertz CT molecular complexity index is 489. The SMILES string of the molecule is CC(=O)N(CCCN(C)C)CC(=O)NCc1ccc(Cl)cc1. The molecule has 0 aliphatic rings. The Kier molecular flexibility index (Phi) is 7.91. The van der Waals surface area contributed by atoms with Crippen LogP contribution in [0.5, 0.6) is 0 Å². The van der Waals surface area contributed by atoms with Crippen molar-refractivity contribution in [3.63, 3.8) is 0 Å². The number of nitrogens with one attached hydrogen (secondary N) is 1. The highest BCUT2D eigenvalue weighted by atomic mass is 35.5. The summed E-state index contributed by atoms with van der Waals surface area (Å²) < 4.78 is 0. The van der Waals surface area contributed by atoms with Gasteiger partial charge >= 0.3 is 0 Å². The predicted molar refractivity (Wildman–Crippen MR) is 88.7 cm³/mol. The molecule has 0 aliphatic heterocycles. The van der Waals surface area contributed by atoms with E-state index in [1.807, 2.05) is 26.2 Å². The largest absolute Gasteiger partial charge is 0.350 e. The molecule has 0 radical (unpaired) electrons. The van der Waals surface area contributed by atoms with Crippen LogP contribution in [0.4, 0.5) is 0 Å². The van der Waals surface area contributed by atoms with Crippen LogP contribution in [0, 0.1) is 0 Å². The monoisotopic (exact) mass is 325 g/mol. The lowest BCUT2D eigenvalue weighted by atomic mass is 10.2. The van der Waals surface area contributed by atoms with Gasteiger partial charge in [0, 0.05) is 25.0 Å². The lowest BCUT2D eigenvalue weighted by Gasteiger charge is -2.21. The van der Waals surface area contributed by atoms with Crippen LogP contribution in [0.15, 0.2) is 24.3 Å². The van der Waals surface area contributed by atoms with Gasteiger partial charge in [-0.15, -0.1) is 0 Å². The third kappa shape index (κ3) is 7.43. The number of nitrogens with zero attached hydrogens (tertiary/aromatic N) is 2. The molecule has 0 atom stereocenters. The molecular weight excluding hydrogens is 302 g/mol. The van der Waals surface area contributed by atoms with Crippen LogP contribution in [0.3, 0.4) is 0 Å². The minimum Gasteiger partial charge on any atom is -0.350 e. The van der Waals surface area contributed by atoms with Crippen molar-refractivity contribution in [2.75, 3.05) is 33.7 Å². The number of benzene rings is 1. The second-order valence-electron chi connectivity index (χ2n) is 5.50. The summed E-state index contributed by atoms with van der Waals surface area (Å²) in [5, 5.41) is 3.48. The van der Waals surface area contributed by atoms with Crippen molar-refractivity contribution < 1.29 is 9.59 Å². The quantitative estimate of drug-likeness (QED) is 0.792. The van der Waals surface area contributed by atoms with E-state index in [1.165, 1.54) is 6.92 Å². The van der Waals surface area contributed by atoms with Gasteiger partial charge in [0.05, 0.1) is 6.54 Å². The molecule has 0 saturated carbocycles. The fourth-order valence-corrected chi connectivity index (χ4v) is 2.08. The molecule has 1 N–H and O–H groups in total. The van der Waals surface area contributed by atoms with Gasteiger partial charge < -0.3 is 15.1 Å². The number of amides is 2. The number of carbonyl (C=O) groups is 2. The molecule has 0 aliphatic carbocycles. The molecule has 0 heterocycles. The summed E-state index contributed by atoms with van der Waals surface area (Å²) in [6, 6.07) is 7.29. The molecule has 1 rings (SSSR count). The van der Waals surface area contributed by atoms with E-state index in [2.05, 4.69) is 10.2 Å². The van der Waals surface area contributed by atoms with Gasteiger partial charge in [0.25, 0.3) is 0 Å². The van der Waals surface area contributed by atoms with Gasteiger partial charge in [-0.1, -0.05) is 23.7 Å². The topological polar surface area (TPSA) is 52.7 Å². The van der Waals surface area contributed by atoms with Crippen LogP contribution in [0.1, 0.15) is 18.9 Å². The molecule has 0 saturated heterocycles. The minimum atomic E-state index is -0.157. The Morgan fingerprint density at radius 3 is 2.32 bits per heavy atom. The molecule has 0 aromatic heterocycles. The Labute approximate surface area is 137 Å². The van der Waals surface area contributed by atoms with Crippen LogP contribution in [0.25, 0.3) is 0 Å². The van der Waals surface area contributed by atoms with Crippen LogP contribution in [0.2, 0.25) is 5.02 Å². The minimum absolute atomic E-state index is 0.0830. The van der Waals surface area contributed by atoms with E-state index < -0.39 is 0 Å². The van der Waals surface area contributed by atoms with Gasteiger partial charge in [-0.05, 0) is 44.8 Å². The summed E-state index contributed by atoms with van der Waals surface area (Å²) in [5.74, 6) is -0.240. The smallest absolute Gasteiger partial charge is 0.239 e. The van der Waals surface area contributed by atoms with Gasteiger partial charge in [-0.2, -0.15) is 0 Å². The molecule has 122 valence electrons. The molecule has 5 nitrogen and oxygen atoms in total. The molecule has 0 unspecified atom stereocenters. The Morgan fingerprint density at radius 1 is 1.14 bits per heavy atom. The molecular formula is C16H24ClN3O2. The third-order valence-corrected chi connectivity index (χ3v) is 3.47. The number of hydrogen-bond donors (Lipinski definition) is 1. The summed E-state index contributed by atoms with van der Waals surface area (Å²) in [4.78, 5) is 27.2. The zero-order chi connectivity index (χ0) is 16.5. The van der Waals surface area contributed by atoms with Crippen molar-refractivity contribution in [2.24, 2.45) is 0 Å². The van der Waals surface area contributed by atoms with Crippen molar-refractivity contribution >= 4 is 23.4 Å². The Morgan fingerprint density at radius 2 is 1.77 bits per heavy atom. The van der Waals surface area contributed by atoms with Gasteiger partial charge in [-0.3, -0.25) is 9.59 Å². The van der Waals surface area contributed by atoms with Gasteiger partial charge in [0.15, 0.2) is 0 Å². The highest BCUT2D eigenvalue weighted by molar-refractivity contribution is 6.30. The number of carbonyl (C=O) groups excluding carboxylic acids is 2. The summed E-state index contributed by atoms with van der Waals surface area (Å²) in [6.45, 7) is 3.48. The average molecular weight is 326 g/mol. The molecule has 22 heavy (non-hydrogen) atoms. The molecule has 0 fully saturated rings. The third-order valence-electron chi connectivity index (χ3n) is 3.22. The second kappa shape index (κ2) is 9.43. The summed E-state index contributed by atoms with van der Waals surface area (Å²) in [7, 11) is 3.97. The van der Waals surface area contributed by atoms with Gasteiger partial charge in [0.2, 0.25) is 11.8 Å². The van der Waals surface area contributed by atoms with Crippen molar-refractivity contribution in [2.45, 2.75) is 19.9 Å². The predicted octanol–water partition coefficient (Wildman–Crippen LogP) is 1.76. The maximum Gasteiger partial charge on any atom is 0.239 e. The molecule has 2 amide bonds. The summed E-state index contributed by atoms with van der Waals surface area (Å²) in [5.41, 5.74) is 0.972. The summed E-state index contributed by atoms with van der Waals surface area (Å²) in [6.07, 6.45) is 0.844. The lowest BCUT2D eigenvalue weighted by molar-refractivity contribution is -0.134. The average Bonchev–Trinajstić information content (AvgIpc) is 2.45. The van der Waals surface area contributed by atoms with Crippen molar-refractivity contribution in [1.82, 2.24) is 15.1 Å². The maximum absolute atomic E-state index is 12.0. The van der Waals surface area contributed by atoms with Crippen LogP contribution in [-0.4, -0.2) is 55.3 Å². The maximum atomic E-state index is 12.0. The Hall–Kier alpha value is -1.59. The van der Waals surface area contributed by atoms with Crippen LogP contribution >= 0.6 is 11.6 Å². The van der Waals surface area contributed by atoms with E-state index in [9.17, 15) is 9.59 Å². The Balaban J connectivity index is 2.39. The fraction of sp³-hybridized carbons (Fsp3) is 0.500. The molecule has 1 aromatic rings. The van der Waals surface area contributed by atoms with Gasteiger partial charge in [0.1, 0.15) is 0 Å². The van der Waals surface area contributed by atoms with E-state index in [1.54, 1.807) is 17.0 Å². The highest BCUT2D eigenvalue weighted by Gasteiger charge is 2.13. The van der Waals surface area contributed by atoms with E-state index >= 15 is 0 Å². The van der Waals surface area contributed by atoms with Crippen molar-refractivity contribution in [3.05, 3.63) is 34.9 Å². The number of halogens is 1. The lowest BCUT2D eigenvalue weighted by Crippen LogP contribution is -2.40. The second-order valence-corrected chi connectivity index (χ2v) is 5.94. The van der Waals surface area contributed by atoms with Crippen molar-refractivity contribution in [3.8, 4) is 0 Å². The van der Waals surface area contributed by atoms with E-state index in [-0.39, 0.29) is 18.4 Å². The number of hydrogen-bond acceptors (Lipinski definition) is 3. The van der Waals surface area contributed by atoms with E-state index in [0.717, 1.165) is 18.5 Å². The molecule has 1 aromatic carbocycles. The first-order valence-corrected chi connectivity index (χ1v) is 7.67. The molecule has 0 bridgehead atoms. The molecule has 0 spiro atoms. The number of rotatable bonds is 8. The summed E-state index contributed by atoms with van der Waals surface area (Å²) >= 11 is 5.81. The van der Waals surface area contributed by atoms with Gasteiger partial charge in [-0.25, -0.2) is 0 Å². The first-order valence-electron chi connectivity index (χ1n) is 7.30. The van der Waals surface area contributed by atoms with E-state index in [0.29, 0.717) is 18.1 Å². The first kappa shape index (κ1) is 18.5. The van der Waals surface area contributed by atoms with Crippen LogP contribution < -0.4 is 5.32 Å². The van der Waals surface area contributed by atoms with E-state index in [4.69, 9.17) is 11.6 Å². The first-order chi connectivity index (χ1) is 10.4. The standard InChI is InChI=1S/C16H24ClN3O2/c1-13(21)20(10-4-9-19(2)3)12-16(22)18-11-14-5-7-15(17)8-6-14/h5-8H,4,9-12H2,1-3H3,(H,18,22). The van der Waals surface area contributed by atoms with Crippen molar-refractivity contribution in [1.29, 1.82) is 0 Å². The normalized spacial score (nSPS) is 10.6. The fourth-order valence-electron chi connectivity index (χ4n) is 1.96. The zero-order valence-electron chi connectivity index (χ0n) is 13.4.